The molecule has 0 fully saturated rings. The summed E-state index contributed by atoms with van der Waals surface area (Å²) in [6.07, 6.45) is -0.0986. The first kappa shape index (κ1) is 26.4. The van der Waals surface area contributed by atoms with Crippen molar-refractivity contribution in [3.05, 3.63) is 47.0 Å². The SMILES string of the molecule is COc1cc(C(=O)NC(=S)NNC(=O)CCC(=O)Nc2cc(C)ccc2C)cc(OC)c1OC. The minimum absolute atomic E-state index is 0.0224. The molecule has 0 heterocycles. The van der Waals surface area contributed by atoms with E-state index in [1.165, 1.54) is 33.5 Å². The van der Waals surface area contributed by atoms with Crippen LogP contribution in [-0.4, -0.2) is 44.2 Å². The van der Waals surface area contributed by atoms with Gasteiger partial charge >= 0.3 is 0 Å². The van der Waals surface area contributed by atoms with Crippen molar-refractivity contribution in [2.75, 3.05) is 26.6 Å². The molecule has 3 amide bonds. The van der Waals surface area contributed by atoms with Gasteiger partial charge in [-0.05, 0) is 55.4 Å². The first-order valence-electron chi connectivity index (χ1n) is 10.3. The number of carbonyl (C=O) groups excluding carboxylic acids is 3. The minimum Gasteiger partial charge on any atom is -0.493 e. The lowest BCUT2D eigenvalue weighted by molar-refractivity contribution is -0.124. The minimum atomic E-state index is -0.557. The summed E-state index contributed by atoms with van der Waals surface area (Å²) in [5.74, 6) is -0.366. The lowest BCUT2D eigenvalue weighted by Gasteiger charge is -2.15. The van der Waals surface area contributed by atoms with Gasteiger partial charge in [-0.2, -0.15) is 0 Å². The Morgan fingerprint density at radius 2 is 1.47 bits per heavy atom. The van der Waals surface area contributed by atoms with Crippen LogP contribution in [0, 0.1) is 13.8 Å². The van der Waals surface area contributed by atoms with Gasteiger partial charge in [-0.1, -0.05) is 12.1 Å². The zero-order valence-corrected chi connectivity index (χ0v) is 20.5. The number of hydrazine groups is 1. The molecule has 0 aliphatic rings. The molecule has 11 heteroatoms. The molecule has 0 radical (unpaired) electrons. The summed E-state index contributed by atoms with van der Waals surface area (Å²) in [4.78, 5) is 36.7. The average Bonchev–Trinajstić information content (AvgIpc) is 2.82. The van der Waals surface area contributed by atoms with Crippen LogP contribution in [-0.2, 0) is 9.59 Å². The summed E-state index contributed by atoms with van der Waals surface area (Å²) in [6.45, 7) is 3.82. The van der Waals surface area contributed by atoms with Crippen LogP contribution in [0.3, 0.4) is 0 Å². The summed E-state index contributed by atoms with van der Waals surface area (Å²) in [6, 6.07) is 8.66. The van der Waals surface area contributed by atoms with Crippen molar-refractivity contribution in [2.24, 2.45) is 0 Å². The summed E-state index contributed by atoms with van der Waals surface area (Å²) in [5, 5.41) is 5.09. The number of hydrogen-bond acceptors (Lipinski definition) is 7. The third kappa shape index (κ3) is 7.34. The van der Waals surface area contributed by atoms with Gasteiger partial charge in [-0.3, -0.25) is 30.6 Å². The third-order valence-corrected chi connectivity index (χ3v) is 4.92. The summed E-state index contributed by atoms with van der Waals surface area (Å²) in [7, 11) is 4.32. The van der Waals surface area contributed by atoms with E-state index < -0.39 is 11.8 Å². The molecule has 0 saturated heterocycles. The molecule has 0 unspecified atom stereocenters. The Morgan fingerprint density at radius 3 is 2.06 bits per heavy atom. The molecule has 10 nitrogen and oxygen atoms in total. The van der Waals surface area contributed by atoms with E-state index in [-0.39, 0.29) is 29.4 Å². The van der Waals surface area contributed by atoms with E-state index in [2.05, 4.69) is 21.5 Å². The van der Waals surface area contributed by atoms with Crippen molar-refractivity contribution in [1.82, 2.24) is 16.2 Å². The maximum atomic E-state index is 12.5. The Bertz CT molecular complexity index is 1060. The van der Waals surface area contributed by atoms with Gasteiger partial charge in [0.2, 0.25) is 17.6 Å². The van der Waals surface area contributed by atoms with Gasteiger partial charge in [-0.25, -0.2) is 0 Å². The standard InChI is InChI=1S/C23H28N4O6S/c1-13-6-7-14(2)16(10-13)24-19(28)8-9-20(29)26-27-23(34)25-22(30)15-11-17(31-3)21(33-5)18(12-15)32-4/h6-7,10-12H,8-9H2,1-5H3,(H,24,28)(H,26,29)(H2,25,27,30,34). The molecule has 0 aliphatic carbocycles. The van der Waals surface area contributed by atoms with Gasteiger partial charge in [0, 0.05) is 24.1 Å². The van der Waals surface area contributed by atoms with Crippen LogP contribution >= 0.6 is 12.2 Å². The first-order valence-corrected chi connectivity index (χ1v) is 10.7. The molecule has 0 aromatic heterocycles. The number of benzene rings is 2. The predicted octanol–water partition coefficient (Wildman–Crippen LogP) is 2.38. The predicted molar refractivity (Wildman–Crippen MR) is 131 cm³/mol. The molecular weight excluding hydrogens is 460 g/mol. The number of thiocarbonyl (C=S) groups is 1. The second-order valence-electron chi connectivity index (χ2n) is 7.24. The maximum Gasteiger partial charge on any atom is 0.257 e. The molecule has 2 aromatic rings. The van der Waals surface area contributed by atoms with E-state index in [9.17, 15) is 14.4 Å². The van der Waals surface area contributed by atoms with E-state index >= 15 is 0 Å². The molecular formula is C23H28N4O6S. The topological polar surface area (TPSA) is 127 Å². The highest BCUT2D eigenvalue weighted by Crippen LogP contribution is 2.38. The summed E-state index contributed by atoms with van der Waals surface area (Å²) < 4.78 is 15.7. The average molecular weight is 489 g/mol. The number of rotatable bonds is 8. The zero-order chi connectivity index (χ0) is 25.3. The van der Waals surface area contributed by atoms with Crippen LogP contribution in [0.1, 0.15) is 34.3 Å². The fraction of sp³-hybridized carbons (Fsp3) is 0.304. The van der Waals surface area contributed by atoms with Crippen LogP contribution in [0.15, 0.2) is 30.3 Å². The van der Waals surface area contributed by atoms with E-state index in [1.54, 1.807) is 0 Å². The monoisotopic (exact) mass is 488 g/mol. The second kappa shape index (κ2) is 12.4. The summed E-state index contributed by atoms with van der Waals surface area (Å²) in [5.41, 5.74) is 7.64. The van der Waals surface area contributed by atoms with Crippen LogP contribution in [0.4, 0.5) is 5.69 Å². The van der Waals surface area contributed by atoms with Gasteiger partial charge in [0.25, 0.3) is 5.91 Å². The Kier molecular flexibility index (Phi) is 9.62. The highest BCUT2D eigenvalue weighted by Gasteiger charge is 2.18. The Hall–Kier alpha value is -3.86. The number of nitrogens with one attached hydrogen (secondary N) is 4. The molecule has 0 bridgehead atoms. The third-order valence-electron chi connectivity index (χ3n) is 4.72. The quantitative estimate of drug-likeness (QED) is 0.330. The number of carbonyl (C=O) groups is 3. The molecule has 0 atom stereocenters. The smallest absolute Gasteiger partial charge is 0.257 e. The zero-order valence-electron chi connectivity index (χ0n) is 19.7. The lowest BCUT2D eigenvalue weighted by Crippen LogP contribution is -2.48. The van der Waals surface area contributed by atoms with Crippen molar-refractivity contribution in [2.45, 2.75) is 26.7 Å². The van der Waals surface area contributed by atoms with Crippen molar-refractivity contribution in [1.29, 1.82) is 0 Å². The molecule has 34 heavy (non-hydrogen) atoms. The van der Waals surface area contributed by atoms with Gasteiger partial charge in [0.05, 0.1) is 21.3 Å². The number of aryl methyl sites for hydroxylation is 2. The molecule has 182 valence electrons. The van der Waals surface area contributed by atoms with Crippen molar-refractivity contribution in [3.63, 3.8) is 0 Å². The van der Waals surface area contributed by atoms with Crippen LogP contribution in [0.25, 0.3) is 0 Å². The van der Waals surface area contributed by atoms with Crippen molar-refractivity contribution in [3.8, 4) is 17.2 Å². The number of ether oxygens (including phenoxy) is 3. The normalized spacial score (nSPS) is 10.0. The number of anilines is 1. The van der Waals surface area contributed by atoms with Crippen LogP contribution in [0.5, 0.6) is 17.2 Å². The Balaban J connectivity index is 1.83. The van der Waals surface area contributed by atoms with E-state index in [4.69, 9.17) is 26.4 Å². The van der Waals surface area contributed by atoms with Gasteiger partial charge < -0.3 is 19.5 Å². The molecule has 2 rings (SSSR count). The molecule has 0 spiro atoms. The molecule has 2 aromatic carbocycles. The van der Waals surface area contributed by atoms with Crippen molar-refractivity contribution >= 4 is 40.7 Å². The van der Waals surface area contributed by atoms with E-state index in [1.807, 2.05) is 32.0 Å². The number of amides is 3. The van der Waals surface area contributed by atoms with E-state index in [0.29, 0.717) is 22.9 Å². The summed E-state index contributed by atoms with van der Waals surface area (Å²) >= 11 is 5.04. The second-order valence-corrected chi connectivity index (χ2v) is 7.65. The molecule has 0 aliphatic heterocycles. The highest BCUT2D eigenvalue weighted by molar-refractivity contribution is 7.80. The van der Waals surface area contributed by atoms with Crippen molar-refractivity contribution < 1.29 is 28.6 Å². The first-order chi connectivity index (χ1) is 16.2. The largest absolute Gasteiger partial charge is 0.493 e. The number of hydrogen-bond donors (Lipinski definition) is 4. The fourth-order valence-electron chi connectivity index (χ4n) is 2.92. The van der Waals surface area contributed by atoms with Gasteiger partial charge in [0.1, 0.15) is 0 Å². The van der Waals surface area contributed by atoms with Gasteiger partial charge in [-0.15, -0.1) is 0 Å². The maximum absolute atomic E-state index is 12.5. The van der Waals surface area contributed by atoms with Gasteiger partial charge in [0.15, 0.2) is 16.6 Å². The Morgan fingerprint density at radius 1 is 0.853 bits per heavy atom. The van der Waals surface area contributed by atoms with Crippen LogP contribution < -0.4 is 35.7 Å². The lowest BCUT2D eigenvalue weighted by atomic mass is 10.1. The van der Waals surface area contributed by atoms with Crippen LogP contribution in [0.2, 0.25) is 0 Å². The Labute approximate surface area is 203 Å². The number of methoxy groups -OCH3 is 3. The highest BCUT2D eigenvalue weighted by atomic mass is 32.1. The fourth-order valence-corrected chi connectivity index (χ4v) is 3.06. The molecule has 4 N–H and O–H groups in total. The van der Waals surface area contributed by atoms with E-state index in [0.717, 1.165) is 11.1 Å². The molecule has 0 saturated carbocycles.